The number of aldehydes is 1. The Morgan fingerprint density at radius 2 is 1.75 bits per heavy atom. The molecule has 0 heterocycles. The van der Waals surface area contributed by atoms with E-state index in [4.69, 9.17) is 4.74 Å². The molecule has 0 fully saturated rings. The lowest BCUT2D eigenvalue weighted by Gasteiger charge is -2.47. The van der Waals surface area contributed by atoms with Crippen LogP contribution in [0.1, 0.15) is 34.1 Å². The minimum absolute atomic E-state index is 0.0297. The second kappa shape index (κ2) is 4.70. The van der Waals surface area contributed by atoms with E-state index in [0.29, 0.717) is 6.42 Å². The van der Waals surface area contributed by atoms with Crippen LogP contribution in [0.4, 0.5) is 0 Å². The van der Waals surface area contributed by atoms with Crippen molar-refractivity contribution in [1.82, 2.24) is 0 Å². The smallest absolute Gasteiger partial charge is 0.316 e. The predicted molar refractivity (Wildman–Crippen MR) is 68.3 cm³/mol. The van der Waals surface area contributed by atoms with Gasteiger partial charge in [-0.25, -0.2) is 0 Å². The van der Waals surface area contributed by atoms with Crippen molar-refractivity contribution in [3.05, 3.63) is 0 Å². The summed E-state index contributed by atoms with van der Waals surface area (Å²) >= 11 is 0. The van der Waals surface area contributed by atoms with Gasteiger partial charge in [-0.3, -0.25) is 4.79 Å². The zero-order valence-corrected chi connectivity index (χ0v) is 12.5. The largest absolute Gasteiger partial charge is 0.468 e. The molecule has 3 nitrogen and oxygen atoms in total. The molecule has 1 unspecified atom stereocenters. The van der Waals surface area contributed by atoms with Gasteiger partial charge in [0.25, 0.3) is 0 Å². The van der Waals surface area contributed by atoms with E-state index in [1.807, 2.05) is 6.92 Å². The molecule has 0 aromatic rings. The molecule has 0 spiro atoms. The Hall–Kier alpha value is -0.643. The zero-order valence-electron chi connectivity index (χ0n) is 11.5. The van der Waals surface area contributed by atoms with Crippen LogP contribution in [0.2, 0.25) is 23.2 Å². The molecule has 0 aromatic heterocycles. The molecule has 4 heteroatoms. The van der Waals surface area contributed by atoms with Crippen molar-refractivity contribution < 1.29 is 14.3 Å². The summed E-state index contributed by atoms with van der Waals surface area (Å²) in [4.78, 5) is 23.5. The van der Waals surface area contributed by atoms with Crippen molar-refractivity contribution in [1.29, 1.82) is 0 Å². The highest BCUT2D eigenvalue weighted by Crippen LogP contribution is 2.52. The summed E-state index contributed by atoms with van der Waals surface area (Å²) < 4.78 is 4.84. The lowest BCUT2D eigenvalue weighted by Crippen LogP contribution is -2.54. The van der Waals surface area contributed by atoms with E-state index >= 15 is 0 Å². The van der Waals surface area contributed by atoms with Gasteiger partial charge in [0.15, 0.2) is 0 Å². The maximum absolute atomic E-state index is 12.0. The molecule has 0 N–H and O–H groups in total. The van der Waals surface area contributed by atoms with Crippen molar-refractivity contribution >= 4 is 20.3 Å². The van der Waals surface area contributed by atoms with Gasteiger partial charge in [-0.15, -0.1) is 0 Å². The first-order valence-electron chi connectivity index (χ1n) is 5.65. The first-order valence-corrected chi connectivity index (χ1v) is 8.65. The Balaban J connectivity index is 5.70. The van der Waals surface area contributed by atoms with Crippen molar-refractivity contribution in [3.8, 4) is 0 Å². The molecule has 0 aliphatic carbocycles. The summed E-state index contributed by atoms with van der Waals surface area (Å²) in [5.74, 6) is -0.378. The van der Waals surface area contributed by atoms with Crippen LogP contribution in [0.15, 0.2) is 0 Å². The number of esters is 1. The third-order valence-electron chi connectivity index (χ3n) is 4.30. The van der Waals surface area contributed by atoms with Crippen LogP contribution >= 0.6 is 0 Å². The van der Waals surface area contributed by atoms with Crippen molar-refractivity contribution in [3.63, 3.8) is 0 Å². The van der Waals surface area contributed by atoms with Crippen LogP contribution in [0.5, 0.6) is 0 Å². The fourth-order valence-corrected chi connectivity index (χ4v) is 5.10. The minimum atomic E-state index is -2.11. The Morgan fingerprint density at radius 3 is 1.94 bits per heavy atom. The summed E-state index contributed by atoms with van der Waals surface area (Å²) in [5.41, 5.74) is 0. The summed E-state index contributed by atoms with van der Waals surface area (Å²) in [6, 6.07) is 0. The molecule has 16 heavy (non-hydrogen) atoms. The van der Waals surface area contributed by atoms with E-state index < -0.39 is 13.1 Å². The highest BCUT2D eigenvalue weighted by atomic mass is 28.3. The first-order chi connectivity index (χ1) is 7.10. The van der Waals surface area contributed by atoms with Gasteiger partial charge >= 0.3 is 5.97 Å². The second-order valence-corrected chi connectivity index (χ2v) is 11.5. The number of hydrogen-bond acceptors (Lipinski definition) is 3. The number of carbonyl (C=O) groups excluding carboxylic acids is 2. The van der Waals surface area contributed by atoms with Crippen molar-refractivity contribution in [2.24, 2.45) is 0 Å². The second-order valence-electron chi connectivity index (χ2n) is 5.81. The lowest BCUT2D eigenvalue weighted by molar-refractivity contribution is -0.146. The highest BCUT2D eigenvalue weighted by Gasteiger charge is 2.57. The third-order valence-corrected chi connectivity index (χ3v) is 11.0. The number of carbonyl (C=O) groups is 2. The Bertz CT molecular complexity index is 278. The van der Waals surface area contributed by atoms with Crippen molar-refractivity contribution in [2.75, 3.05) is 7.11 Å². The molecule has 0 amide bonds. The number of methoxy groups -OCH3 is 1. The van der Waals surface area contributed by atoms with Gasteiger partial charge in [-0.05, 0) is 11.5 Å². The van der Waals surface area contributed by atoms with Crippen LogP contribution in [-0.2, 0) is 14.3 Å². The van der Waals surface area contributed by atoms with Gasteiger partial charge in [0.05, 0.1) is 15.2 Å². The SMILES string of the molecule is CCC(C=O)(C(=O)OC)[Si](C)(C)C(C)(C)C. The Labute approximate surface area is 99.6 Å². The molecule has 0 bridgehead atoms. The van der Waals surface area contributed by atoms with E-state index in [0.717, 1.165) is 6.29 Å². The van der Waals surface area contributed by atoms with Crippen LogP contribution < -0.4 is 0 Å². The summed E-state index contributed by atoms with van der Waals surface area (Å²) in [5, 5.41) is -0.960. The normalized spacial score (nSPS) is 16.4. The Kier molecular flexibility index (Phi) is 4.51. The molecule has 0 saturated heterocycles. The molecule has 1 atom stereocenters. The van der Waals surface area contributed by atoms with E-state index in [1.165, 1.54) is 7.11 Å². The predicted octanol–water partition coefficient (Wildman–Crippen LogP) is 3.02. The number of ether oxygens (including phenoxy) is 1. The molecular formula is C12H24O3Si. The summed E-state index contributed by atoms with van der Waals surface area (Å²) in [6.07, 6.45) is 1.33. The zero-order chi connectivity index (χ0) is 13.2. The molecule has 94 valence electrons. The summed E-state index contributed by atoms with van der Waals surface area (Å²) in [6.45, 7) is 12.3. The van der Waals surface area contributed by atoms with Gasteiger partial charge in [0, 0.05) is 0 Å². The fraction of sp³-hybridized carbons (Fsp3) is 0.833. The van der Waals surface area contributed by atoms with E-state index in [9.17, 15) is 9.59 Å². The van der Waals surface area contributed by atoms with E-state index in [-0.39, 0.29) is 11.0 Å². The maximum atomic E-state index is 12.0. The number of hydrogen-bond donors (Lipinski definition) is 0. The first kappa shape index (κ1) is 15.4. The average Bonchev–Trinajstić information content (AvgIpc) is 2.18. The average molecular weight is 244 g/mol. The number of rotatable bonds is 4. The van der Waals surface area contributed by atoms with E-state index in [1.54, 1.807) is 0 Å². The quantitative estimate of drug-likeness (QED) is 0.330. The van der Waals surface area contributed by atoms with Gasteiger partial charge < -0.3 is 9.53 Å². The molecule has 0 aromatic carbocycles. The molecule has 0 radical (unpaired) electrons. The monoisotopic (exact) mass is 244 g/mol. The summed E-state index contributed by atoms with van der Waals surface area (Å²) in [7, 11) is -0.761. The minimum Gasteiger partial charge on any atom is -0.468 e. The highest BCUT2D eigenvalue weighted by molar-refractivity contribution is 6.88. The molecule has 0 rings (SSSR count). The molecule has 0 saturated carbocycles. The van der Waals surface area contributed by atoms with Crippen LogP contribution in [0.3, 0.4) is 0 Å². The Morgan fingerprint density at radius 1 is 1.31 bits per heavy atom. The lowest BCUT2D eigenvalue weighted by atomic mass is 10.1. The van der Waals surface area contributed by atoms with Gasteiger partial charge in [0.2, 0.25) is 0 Å². The maximum Gasteiger partial charge on any atom is 0.316 e. The molecule has 0 aliphatic heterocycles. The standard InChI is InChI=1S/C12H24O3Si/c1-8-12(9-13,10(14)15-5)16(6,7)11(2,3)4/h9H,8H2,1-7H3. The van der Waals surface area contributed by atoms with Crippen LogP contribution in [0.25, 0.3) is 0 Å². The van der Waals surface area contributed by atoms with E-state index in [2.05, 4.69) is 33.9 Å². The topological polar surface area (TPSA) is 43.4 Å². The van der Waals surface area contributed by atoms with Gasteiger partial charge in [0.1, 0.15) is 11.3 Å². The van der Waals surface area contributed by atoms with Gasteiger partial charge in [-0.2, -0.15) is 0 Å². The third kappa shape index (κ3) is 2.07. The molecular weight excluding hydrogens is 220 g/mol. The fourth-order valence-electron chi connectivity index (χ4n) is 1.97. The van der Waals surface area contributed by atoms with Crippen LogP contribution in [0, 0.1) is 0 Å². The van der Waals surface area contributed by atoms with Crippen molar-refractivity contribution in [2.45, 2.75) is 57.3 Å². The van der Waals surface area contributed by atoms with Gasteiger partial charge in [-0.1, -0.05) is 40.8 Å². The molecule has 0 aliphatic rings. The van der Waals surface area contributed by atoms with Crippen LogP contribution in [-0.4, -0.2) is 27.4 Å².